The van der Waals surface area contributed by atoms with Gasteiger partial charge in [-0.15, -0.1) is 11.3 Å². The monoisotopic (exact) mass is 517 g/mol. The number of thiophene rings is 1. The first kappa shape index (κ1) is 25.7. The summed E-state index contributed by atoms with van der Waals surface area (Å²) in [5.74, 6) is -0.494. The van der Waals surface area contributed by atoms with Crippen LogP contribution < -0.4 is 5.32 Å². The number of hydrogen-bond acceptors (Lipinski definition) is 3. The van der Waals surface area contributed by atoms with Crippen LogP contribution in [0.3, 0.4) is 0 Å². The van der Waals surface area contributed by atoms with Gasteiger partial charge >= 0.3 is 0 Å². The van der Waals surface area contributed by atoms with Gasteiger partial charge in [0.1, 0.15) is 5.82 Å². The largest absolute Gasteiger partial charge is 0.344 e. The summed E-state index contributed by atoms with van der Waals surface area (Å²) < 4.78 is 15.9. The Kier molecular flexibility index (Phi) is 10.1. The molecule has 1 aromatic carbocycles. The lowest BCUT2D eigenvalue weighted by Crippen LogP contribution is -2.28. The van der Waals surface area contributed by atoms with Crippen molar-refractivity contribution in [3.63, 3.8) is 0 Å². The van der Waals surface area contributed by atoms with E-state index in [2.05, 4.69) is 46.8 Å². The maximum absolute atomic E-state index is 13.3. The van der Waals surface area contributed by atoms with E-state index in [-0.39, 0.29) is 17.8 Å². The molecule has 170 valence electrons. The third-order valence-corrected chi connectivity index (χ3v) is 6.28. The number of allylic oxidation sites excluding steroid dienone is 1. The third-order valence-electron chi connectivity index (χ3n) is 4.55. The number of nitrogens with one attached hydrogen (secondary N) is 1. The summed E-state index contributed by atoms with van der Waals surface area (Å²) in [6.07, 6.45) is 7.08. The lowest BCUT2D eigenvalue weighted by atomic mass is 10.0. The van der Waals surface area contributed by atoms with E-state index in [1.807, 2.05) is 26.0 Å². The summed E-state index contributed by atoms with van der Waals surface area (Å²) in [4.78, 5) is 14.2. The summed E-state index contributed by atoms with van der Waals surface area (Å²) in [5.41, 5.74) is 2.55. The predicted molar refractivity (Wildman–Crippen MR) is 136 cm³/mol. The highest BCUT2D eigenvalue weighted by atomic mass is 79.9. The van der Waals surface area contributed by atoms with Gasteiger partial charge in [0, 0.05) is 16.0 Å². The number of carbonyl (C=O) groups is 1. The first-order chi connectivity index (χ1) is 15.4. The van der Waals surface area contributed by atoms with Crippen molar-refractivity contribution in [1.82, 2.24) is 15.1 Å². The summed E-state index contributed by atoms with van der Waals surface area (Å²) >= 11 is 5.08. The molecule has 0 spiro atoms. The van der Waals surface area contributed by atoms with Gasteiger partial charge in [0.2, 0.25) is 0 Å². The van der Waals surface area contributed by atoms with Crippen molar-refractivity contribution in [3.05, 3.63) is 81.0 Å². The molecule has 1 N–H and O–H groups in total. The Labute approximate surface area is 202 Å². The molecule has 1 atom stereocenters. The Morgan fingerprint density at radius 1 is 1.25 bits per heavy atom. The van der Waals surface area contributed by atoms with Crippen molar-refractivity contribution >= 4 is 44.8 Å². The standard InChI is InChI=1S/C22H21BrFN3OS.C3H8/c1-4-16(22(28)26-18(5-2)20-11-12-21(23)29-20)17-13-25-27(19(17)6-3)15-9-7-14(24)8-10-15;1-3-2/h4,6-13,18H,3,5H2,1-2H3,(H,26,28);3H2,1-2H3/b16-4+;. The molecular formula is C25H29BrFN3OS. The topological polar surface area (TPSA) is 46.9 Å². The molecule has 0 bridgehead atoms. The third kappa shape index (κ3) is 6.26. The van der Waals surface area contributed by atoms with Crippen LogP contribution in [0.1, 0.15) is 62.7 Å². The molecular weight excluding hydrogens is 489 g/mol. The SMILES string of the molecule is C=Cc1c(/C(=C\C)C(=O)NC(CC)c2ccc(Br)s2)cnn1-c1ccc(F)cc1.CCC. The number of rotatable bonds is 7. The summed E-state index contributed by atoms with van der Waals surface area (Å²) in [6.45, 7) is 12.0. The fourth-order valence-corrected chi connectivity index (χ4v) is 4.64. The lowest BCUT2D eigenvalue weighted by Gasteiger charge is -2.17. The highest BCUT2D eigenvalue weighted by Gasteiger charge is 2.22. The molecule has 7 heteroatoms. The van der Waals surface area contributed by atoms with Gasteiger partial charge in [-0.1, -0.05) is 39.8 Å². The quantitative estimate of drug-likeness (QED) is 0.328. The Balaban J connectivity index is 0.00000114. The van der Waals surface area contributed by atoms with Crippen LogP contribution in [0.25, 0.3) is 17.3 Å². The molecule has 0 fully saturated rings. The summed E-state index contributed by atoms with van der Waals surface area (Å²) in [6, 6.07) is 9.93. The molecule has 0 radical (unpaired) electrons. The number of benzene rings is 1. The second kappa shape index (κ2) is 12.5. The molecule has 1 amide bonds. The molecule has 0 saturated heterocycles. The van der Waals surface area contributed by atoms with E-state index in [9.17, 15) is 9.18 Å². The molecule has 2 heterocycles. The Hall–Kier alpha value is -2.51. The normalized spacial score (nSPS) is 12.0. The van der Waals surface area contributed by atoms with Crippen LogP contribution in [-0.2, 0) is 4.79 Å². The van der Waals surface area contributed by atoms with E-state index >= 15 is 0 Å². The minimum Gasteiger partial charge on any atom is -0.344 e. The fraction of sp³-hybridized carbons (Fsp3) is 0.280. The van der Waals surface area contributed by atoms with Crippen LogP contribution in [0.5, 0.6) is 0 Å². The zero-order chi connectivity index (χ0) is 23.7. The molecule has 4 nitrogen and oxygen atoms in total. The van der Waals surface area contributed by atoms with E-state index in [1.54, 1.807) is 46.5 Å². The van der Waals surface area contributed by atoms with E-state index in [0.717, 1.165) is 15.1 Å². The number of amides is 1. The van der Waals surface area contributed by atoms with E-state index in [1.165, 1.54) is 18.6 Å². The van der Waals surface area contributed by atoms with E-state index in [4.69, 9.17) is 0 Å². The highest BCUT2D eigenvalue weighted by molar-refractivity contribution is 9.11. The number of hydrogen-bond donors (Lipinski definition) is 1. The number of aromatic nitrogens is 2. The van der Waals surface area contributed by atoms with Crippen molar-refractivity contribution in [3.8, 4) is 5.69 Å². The van der Waals surface area contributed by atoms with Crippen LogP contribution in [0, 0.1) is 5.82 Å². The van der Waals surface area contributed by atoms with Gasteiger partial charge in [0.25, 0.3) is 5.91 Å². The van der Waals surface area contributed by atoms with Crippen LogP contribution in [0.15, 0.2) is 59.0 Å². The molecule has 2 aromatic heterocycles. The van der Waals surface area contributed by atoms with Gasteiger partial charge in [-0.2, -0.15) is 5.10 Å². The van der Waals surface area contributed by atoms with Gasteiger partial charge in [-0.05, 0) is 71.7 Å². The predicted octanol–water partition coefficient (Wildman–Crippen LogP) is 7.57. The van der Waals surface area contributed by atoms with Crippen LogP contribution >= 0.6 is 27.3 Å². The van der Waals surface area contributed by atoms with Crippen LogP contribution in [0.4, 0.5) is 4.39 Å². The van der Waals surface area contributed by atoms with Gasteiger partial charge < -0.3 is 5.32 Å². The van der Waals surface area contributed by atoms with Crippen molar-refractivity contribution in [2.45, 2.75) is 46.6 Å². The van der Waals surface area contributed by atoms with Crippen molar-refractivity contribution in [2.75, 3.05) is 0 Å². The van der Waals surface area contributed by atoms with Crippen LogP contribution in [0.2, 0.25) is 0 Å². The van der Waals surface area contributed by atoms with Crippen molar-refractivity contribution < 1.29 is 9.18 Å². The van der Waals surface area contributed by atoms with E-state index in [0.29, 0.717) is 22.5 Å². The minimum atomic E-state index is -0.319. The molecule has 0 aliphatic rings. The highest BCUT2D eigenvalue weighted by Crippen LogP contribution is 2.30. The summed E-state index contributed by atoms with van der Waals surface area (Å²) in [7, 11) is 0. The maximum atomic E-state index is 13.3. The number of carbonyl (C=O) groups excluding carboxylic acids is 1. The average molecular weight is 518 g/mol. The first-order valence-corrected chi connectivity index (χ1v) is 12.2. The number of halogens is 2. The minimum absolute atomic E-state index is 0.0759. The Bertz CT molecular complexity index is 1070. The molecule has 0 aliphatic carbocycles. The molecule has 0 aliphatic heterocycles. The fourth-order valence-electron chi connectivity index (χ4n) is 3.08. The lowest BCUT2D eigenvalue weighted by molar-refractivity contribution is -0.116. The molecule has 0 saturated carbocycles. The second-order valence-corrected chi connectivity index (χ2v) is 9.52. The maximum Gasteiger partial charge on any atom is 0.252 e. The first-order valence-electron chi connectivity index (χ1n) is 10.6. The molecule has 1 unspecified atom stereocenters. The average Bonchev–Trinajstić information content (AvgIpc) is 3.40. The van der Waals surface area contributed by atoms with Gasteiger partial charge in [-0.3, -0.25) is 4.79 Å². The zero-order valence-corrected chi connectivity index (χ0v) is 21.3. The molecule has 3 aromatic rings. The van der Waals surface area contributed by atoms with Gasteiger partial charge in [0.05, 0.1) is 27.4 Å². The second-order valence-electron chi connectivity index (χ2n) is 7.02. The van der Waals surface area contributed by atoms with Crippen LogP contribution in [-0.4, -0.2) is 15.7 Å². The number of nitrogens with zero attached hydrogens (tertiary/aromatic N) is 2. The Morgan fingerprint density at radius 3 is 2.41 bits per heavy atom. The molecule has 3 rings (SSSR count). The van der Waals surface area contributed by atoms with E-state index < -0.39 is 0 Å². The summed E-state index contributed by atoms with van der Waals surface area (Å²) in [5, 5.41) is 7.51. The Morgan fingerprint density at radius 2 is 1.91 bits per heavy atom. The van der Waals surface area contributed by atoms with Gasteiger partial charge in [0.15, 0.2) is 0 Å². The van der Waals surface area contributed by atoms with Crippen molar-refractivity contribution in [1.29, 1.82) is 0 Å². The smallest absolute Gasteiger partial charge is 0.252 e. The van der Waals surface area contributed by atoms with Crippen molar-refractivity contribution in [2.24, 2.45) is 0 Å². The molecule has 32 heavy (non-hydrogen) atoms. The zero-order valence-electron chi connectivity index (χ0n) is 18.9. The van der Waals surface area contributed by atoms with Gasteiger partial charge in [-0.25, -0.2) is 9.07 Å².